The molecule has 4 saturated carbocycles. The van der Waals surface area contributed by atoms with Crippen LogP contribution in [0.1, 0.15) is 50.2 Å². The maximum atomic E-state index is 10.8. The highest BCUT2D eigenvalue weighted by molar-refractivity contribution is 5.37. The molecule has 0 aliphatic heterocycles. The van der Waals surface area contributed by atoms with Crippen LogP contribution in [0.25, 0.3) is 0 Å². The summed E-state index contributed by atoms with van der Waals surface area (Å²) in [6, 6.07) is 10.4. The molecule has 1 N–H and O–H groups in total. The van der Waals surface area contributed by atoms with Crippen LogP contribution in [0.5, 0.6) is 0 Å². The van der Waals surface area contributed by atoms with Crippen molar-refractivity contribution in [3.63, 3.8) is 0 Å². The summed E-state index contributed by atoms with van der Waals surface area (Å²) in [5.41, 5.74) is 1.96. The minimum atomic E-state index is -0.451. The second kappa shape index (κ2) is 3.86. The van der Waals surface area contributed by atoms with E-state index in [-0.39, 0.29) is 5.41 Å². The second-order valence-electron chi connectivity index (χ2n) is 7.54. The van der Waals surface area contributed by atoms with Crippen molar-refractivity contribution < 1.29 is 5.11 Å². The Hall–Kier alpha value is -1.33. The molecule has 1 aromatic rings. The molecular formula is C18H21NO. The molecule has 4 aliphatic rings. The van der Waals surface area contributed by atoms with Crippen molar-refractivity contribution in [1.29, 1.82) is 5.26 Å². The van der Waals surface area contributed by atoms with Crippen LogP contribution < -0.4 is 0 Å². The van der Waals surface area contributed by atoms with Gasteiger partial charge < -0.3 is 5.11 Å². The lowest BCUT2D eigenvalue weighted by molar-refractivity contribution is -0.170. The first-order valence-electron chi connectivity index (χ1n) is 7.76. The lowest BCUT2D eigenvalue weighted by Crippen LogP contribution is -2.61. The quantitative estimate of drug-likeness (QED) is 0.847. The van der Waals surface area contributed by atoms with E-state index in [4.69, 9.17) is 5.26 Å². The van der Waals surface area contributed by atoms with E-state index in [1.807, 2.05) is 12.1 Å². The number of benzene rings is 1. The van der Waals surface area contributed by atoms with E-state index in [1.165, 1.54) is 24.8 Å². The molecule has 0 heterocycles. The zero-order valence-electron chi connectivity index (χ0n) is 12.0. The van der Waals surface area contributed by atoms with Gasteiger partial charge in [0, 0.05) is 0 Å². The molecule has 5 rings (SSSR count). The van der Waals surface area contributed by atoms with Gasteiger partial charge in [0.25, 0.3) is 0 Å². The average molecular weight is 267 g/mol. The Morgan fingerprint density at radius 2 is 1.70 bits per heavy atom. The number of rotatable bonds is 1. The lowest BCUT2D eigenvalue weighted by atomic mass is 9.43. The van der Waals surface area contributed by atoms with E-state index < -0.39 is 5.60 Å². The van der Waals surface area contributed by atoms with Crippen LogP contribution in [0, 0.1) is 29.1 Å². The zero-order chi connectivity index (χ0) is 14.0. The zero-order valence-corrected chi connectivity index (χ0v) is 12.0. The first-order valence-corrected chi connectivity index (χ1v) is 7.76. The van der Waals surface area contributed by atoms with Crippen LogP contribution in [0.4, 0.5) is 0 Å². The molecule has 0 amide bonds. The van der Waals surface area contributed by atoms with E-state index in [0.29, 0.717) is 11.8 Å². The Labute approximate surface area is 120 Å². The number of nitrogens with zero attached hydrogens (tertiary/aromatic N) is 1. The Kier molecular flexibility index (Phi) is 2.40. The summed E-state index contributed by atoms with van der Waals surface area (Å²) in [5, 5.41) is 19.7. The Morgan fingerprint density at radius 3 is 2.25 bits per heavy atom. The summed E-state index contributed by atoms with van der Waals surface area (Å²) in [6.07, 6.45) is 5.95. The van der Waals surface area contributed by atoms with Crippen LogP contribution in [-0.4, -0.2) is 10.7 Å². The monoisotopic (exact) mass is 267 g/mol. The third-order valence-corrected chi connectivity index (χ3v) is 6.47. The van der Waals surface area contributed by atoms with Gasteiger partial charge in [-0.15, -0.1) is 0 Å². The normalized spacial score (nSPS) is 45.4. The number of aliphatic hydroxyl groups is 1. The molecule has 2 heteroatoms. The second-order valence-corrected chi connectivity index (χ2v) is 7.54. The topological polar surface area (TPSA) is 44.0 Å². The fourth-order valence-corrected chi connectivity index (χ4v) is 5.46. The third-order valence-electron chi connectivity index (χ3n) is 6.47. The predicted molar refractivity (Wildman–Crippen MR) is 77.0 cm³/mol. The maximum Gasteiger partial charge on any atom is 0.0991 e. The van der Waals surface area contributed by atoms with Crippen LogP contribution in [0.15, 0.2) is 24.3 Å². The van der Waals surface area contributed by atoms with Crippen molar-refractivity contribution in [1.82, 2.24) is 0 Å². The summed E-state index contributed by atoms with van der Waals surface area (Å²) in [5.74, 6) is 1.72. The van der Waals surface area contributed by atoms with Gasteiger partial charge >= 0.3 is 0 Å². The largest absolute Gasteiger partial charge is 0.390 e. The van der Waals surface area contributed by atoms with Crippen molar-refractivity contribution >= 4 is 0 Å². The van der Waals surface area contributed by atoms with Crippen LogP contribution >= 0.6 is 0 Å². The molecule has 20 heavy (non-hydrogen) atoms. The van der Waals surface area contributed by atoms with Crippen LogP contribution in [0.2, 0.25) is 0 Å². The SMILES string of the molecule is CC1(O)[C@@H]2CC3C[C@H]1CC(c1ccc(C#N)cc1)(C3)C2. The maximum absolute atomic E-state index is 10.8. The standard InChI is InChI=1S/C18H21NO/c1-17(20)15-6-13-7-16(17)10-18(8-13,9-15)14-4-2-12(11-19)3-5-14/h2-5,13,15-16,20H,6-10H2,1H3/t13?,15-,16+,17?,18?. The molecule has 104 valence electrons. The molecule has 0 aromatic heterocycles. The highest BCUT2D eigenvalue weighted by Gasteiger charge is 2.60. The van der Waals surface area contributed by atoms with Crippen molar-refractivity contribution in [3.8, 4) is 6.07 Å². The van der Waals surface area contributed by atoms with E-state index in [1.54, 1.807) is 0 Å². The molecule has 4 fully saturated rings. The Balaban J connectivity index is 1.73. The van der Waals surface area contributed by atoms with E-state index >= 15 is 0 Å². The molecule has 0 radical (unpaired) electrons. The van der Waals surface area contributed by atoms with Crippen molar-refractivity contribution in [2.24, 2.45) is 17.8 Å². The van der Waals surface area contributed by atoms with E-state index in [0.717, 1.165) is 24.3 Å². The summed E-state index contributed by atoms with van der Waals surface area (Å²) < 4.78 is 0. The van der Waals surface area contributed by atoms with Gasteiger partial charge in [-0.2, -0.15) is 5.26 Å². The van der Waals surface area contributed by atoms with Gasteiger partial charge in [-0.3, -0.25) is 0 Å². The molecule has 1 aromatic carbocycles. The predicted octanol–water partition coefficient (Wildman–Crippen LogP) is 3.39. The Morgan fingerprint density at radius 1 is 1.10 bits per heavy atom. The Bertz CT molecular complexity index is 562. The van der Waals surface area contributed by atoms with Gasteiger partial charge in [0.15, 0.2) is 0 Å². The van der Waals surface area contributed by atoms with Gasteiger partial charge in [0.2, 0.25) is 0 Å². The minimum Gasteiger partial charge on any atom is -0.390 e. The fraction of sp³-hybridized carbons (Fsp3) is 0.611. The molecule has 0 saturated heterocycles. The van der Waals surface area contributed by atoms with Crippen LogP contribution in [0.3, 0.4) is 0 Å². The summed E-state index contributed by atoms with van der Waals surface area (Å²) in [6.45, 7) is 2.06. The molecule has 4 aliphatic carbocycles. The first-order chi connectivity index (χ1) is 9.53. The van der Waals surface area contributed by atoms with Gasteiger partial charge in [0.05, 0.1) is 17.2 Å². The fourth-order valence-electron chi connectivity index (χ4n) is 5.46. The van der Waals surface area contributed by atoms with Crippen molar-refractivity contribution in [2.45, 2.75) is 50.0 Å². The summed E-state index contributed by atoms with van der Waals surface area (Å²) >= 11 is 0. The summed E-state index contributed by atoms with van der Waals surface area (Å²) in [4.78, 5) is 0. The molecule has 2 nitrogen and oxygen atoms in total. The molecule has 4 bridgehead atoms. The first kappa shape index (κ1) is 12.4. The minimum absolute atomic E-state index is 0.271. The lowest BCUT2D eigenvalue weighted by Gasteiger charge is -2.63. The van der Waals surface area contributed by atoms with Gasteiger partial charge in [-0.25, -0.2) is 0 Å². The van der Waals surface area contributed by atoms with Gasteiger partial charge in [-0.05, 0) is 79.9 Å². The number of hydrogen-bond acceptors (Lipinski definition) is 2. The van der Waals surface area contributed by atoms with Crippen molar-refractivity contribution in [2.75, 3.05) is 0 Å². The molecular weight excluding hydrogens is 246 g/mol. The van der Waals surface area contributed by atoms with E-state index in [9.17, 15) is 5.11 Å². The number of hydrogen-bond donors (Lipinski definition) is 1. The highest BCUT2D eigenvalue weighted by Crippen LogP contribution is 2.63. The highest BCUT2D eigenvalue weighted by atomic mass is 16.3. The number of nitriles is 1. The third kappa shape index (κ3) is 1.53. The summed E-state index contributed by atoms with van der Waals surface area (Å²) in [7, 11) is 0. The van der Waals surface area contributed by atoms with Crippen LogP contribution in [-0.2, 0) is 5.41 Å². The molecule has 3 unspecified atom stereocenters. The van der Waals surface area contributed by atoms with E-state index in [2.05, 4.69) is 25.1 Å². The average Bonchev–Trinajstić information content (AvgIpc) is 2.44. The molecule has 5 atom stereocenters. The molecule has 0 spiro atoms. The van der Waals surface area contributed by atoms with Gasteiger partial charge in [0.1, 0.15) is 0 Å². The van der Waals surface area contributed by atoms with Gasteiger partial charge in [-0.1, -0.05) is 12.1 Å². The smallest absolute Gasteiger partial charge is 0.0991 e. The van der Waals surface area contributed by atoms with Crippen molar-refractivity contribution in [3.05, 3.63) is 35.4 Å².